The van der Waals surface area contributed by atoms with Gasteiger partial charge in [0.1, 0.15) is 5.60 Å². The maximum absolute atomic E-state index is 11.6. The van der Waals surface area contributed by atoms with Crippen molar-refractivity contribution in [2.45, 2.75) is 45.1 Å². The highest BCUT2D eigenvalue weighted by Gasteiger charge is 2.36. The Labute approximate surface area is 57.1 Å². The van der Waals surface area contributed by atoms with Gasteiger partial charge in [-0.05, 0) is 18.8 Å². The van der Waals surface area contributed by atoms with Crippen LogP contribution in [0.3, 0.4) is 0 Å². The van der Waals surface area contributed by atoms with Gasteiger partial charge in [-0.2, -0.15) is 0 Å². The molecular weight excluding hydrogens is 112 g/mol. The second-order valence-corrected chi connectivity index (χ2v) is 3.43. The summed E-state index contributed by atoms with van der Waals surface area (Å²) >= 11 is 0. The molecule has 0 N–H and O–H groups in total. The maximum atomic E-state index is 11.6. The Balaban J connectivity index is 2.51. The van der Waals surface area contributed by atoms with E-state index in [-0.39, 0.29) is 0 Å². The van der Waals surface area contributed by atoms with E-state index in [0.29, 0.717) is 5.92 Å². The molecule has 1 aliphatic rings. The Hall–Kier alpha value is -0.0400. The molecule has 1 radical (unpaired) electrons. The molecule has 1 saturated carbocycles. The van der Waals surface area contributed by atoms with Crippen LogP contribution in [0.2, 0.25) is 0 Å². The van der Waals surface area contributed by atoms with Crippen LogP contribution >= 0.6 is 0 Å². The van der Waals surface area contributed by atoms with Crippen molar-refractivity contribution in [3.63, 3.8) is 0 Å². The molecule has 0 saturated heterocycles. The quantitative estimate of drug-likeness (QED) is 0.515. The minimum atomic E-state index is -0.556. The lowest BCUT2D eigenvalue weighted by molar-refractivity contribution is -0.0613. The fourth-order valence-corrected chi connectivity index (χ4v) is 1.55. The molecule has 0 spiro atoms. The molecule has 1 rings (SSSR count). The highest BCUT2D eigenvalue weighted by atomic mass is 16.3. The summed E-state index contributed by atoms with van der Waals surface area (Å²) in [6, 6.07) is 0. The van der Waals surface area contributed by atoms with Crippen molar-refractivity contribution in [3.8, 4) is 0 Å². The molecule has 0 heterocycles. The summed E-state index contributed by atoms with van der Waals surface area (Å²) in [5.41, 5.74) is -0.556. The van der Waals surface area contributed by atoms with Gasteiger partial charge in [-0.15, -0.1) is 0 Å². The summed E-state index contributed by atoms with van der Waals surface area (Å²) in [4.78, 5) is 0. The lowest BCUT2D eigenvalue weighted by atomic mass is 9.89. The summed E-state index contributed by atoms with van der Waals surface area (Å²) in [7, 11) is 0. The molecule has 0 atom stereocenters. The van der Waals surface area contributed by atoms with Crippen LogP contribution in [0.4, 0.5) is 0 Å². The summed E-state index contributed by atoms with van der Waals surface area (Å²) in [5.74, 6) is 0.333. The Morgan fingerprint density at radius 3 is 1.89 bits per heavy atom. The molecule has 0 aromatic carbocycles. The van der Waals surface area contributed by atoms with Gasteiger partial charge in [-0.25, -0.2) is 5.11 Å². The number of hydrogen-bond donors (Lipinski definition) is 0. The van der Waals surface area contributed by atoms with Crippen molar-refractivity contribution < 1.29 is 5.11 Å². The molecule has 0 aromatic heterocycles. The smallest absolute Gasteiger partial charge is 0.106 e. The SMILES string of the molecule is CC(C)C1([O])CCCC1. The largest absolute Gasteiger partial charge is 0.229 e. The third kappa shape index (κ3) is 1.26. The zero-order valence-corrected chi connectivity index (χ0v) is 6.31. The summed E-state index contributed by atoms with van der Waals surface area (Å²) in [5, 5.41) is 11.6. The third-order valence-corrected chi connectivity index (χ3v) is 2.50. The first kappa shape index (κ1) is 7.07. The van der Waals surface area contributed by atoms with Crippen molar-refractivity contribution in [1.29, 1.82) is 0 Å². The predicted molar refractivity (Wildman–Crippen MR) is 36.7 cm³/mol. The van der Waals surface area contributed by atoms with E-state index in [2.05, 4.69) is 0 Å². The molecule has 1 aliphatic carbocycles. The maximum Gasteiger partial charge on any atom is 0.106 e. The van der Waals surface area contributed by atoms with Gasteiger partial charge < -0.3 is 0 Å². The Morgan fingerprint density at radius 2 is 1.67 bits per heavy atom. The average molecular weight is 127 g/mol. The summed E-state index contributed by atoms with van der Waals surface area (Å²) in [6.07, 6.45) is 4.12. The van der Waals surface area contributed by atoms with Gasteiger partial charge in [0.15, 0.2) is 0 Å². The lowest BCUT2D eigenvalue weighted by Gasteiger charge is -2.23. The van der Waals surface area contributed by atoms with Gasteiger partial charge in [0.05, 0.1) is 0 Å². The minimum Gasteiger partial charge on any atom is -0.229 e. The first-order valence-corrected chi connectivity index (χ1v) is 3.85. The highest BCUT2D eigenvalue weighted by molar-refractivity contribution is 4.86. The Morgan fingerprint density at radius 1 is 1.22 bits per heavy atom. The molecule has 0 amide bonds. The van der Waals surface area contributed by atoms with E-state index in [1.54, 1.807) is 0 Å². The minimum absolute atomic E-state index is 0.333. The molecule has 0 aromatic rings. The fraction of sp³-hybridized carbons (Fsp3) is 1.00. The summed E-state index contributed by atoms with van der Waals surface area (Å²) < 4.78 is 0. The van der Waals surface area contributed by atoms with Crippen LogP contribution < -0.4 is 0 Å². The van der Waals surface area contributed by atoms with Crippen LogP contribution in [-0.4, -0.2) is 5.60 Å². The first-order valence-electron chi connectivity index (χ1n) is 3.85. The topological polar surface area (TPSA) is 19.9 Å². The van der Waals surface area contributed by atoms with Gasteiger partial charge in [0.25, 0.3) is 0 Å². The van der Waals surface area contributed by atoms with E-state index in [0.717, 1.165) is 25.7 Å². The standard InChI is InChI=1S/C8H15O/c1-7(2)8(9)5-3-4-6-8/h7H,3-6H2,1-2H3. The number of rotatable bonds is 1. The van der Waals surface area contributed by atoms with Crippen LogP contribution in [-0.2, 0) is 5.11 Å². The lowest BCUT2D eigenvalue weighted by Crippen LogP contribution is -2.28. The zero-order chi connectivity index (χ0) is 6.91. The van der Waals surface area contributed by atoms with Crippen LogP contribution in [0.25, 0.3) is 0 Å². The van der Waals surface area contributed by atoms with E-state index in [9.17, 15) is 5.11 Å². The Bertz CT molecular complexity index is 90.7. The molecule has 0 bridgehead atoms. The summed E-state index contributed by atoms with van der Waals surface area (Å²) in [6.45, 7) is 4.08. The molecule has 0 unspecified atom stereocenters. The van der Waals surface area contributed by atoms with Crippen molar-refractivity contribution >= 4 is 0 Å². The van der Waals surface area contributed by atoms with Crippen molar-refractivity contribution in [2.24, 2.45) is 5.92 Å². The van der Waals surface area contributed by atoms with Crippen molar-refractivity contribution in [1.82, 2.24) is 0 Å². The van der Waals surface area contributed by atoms with E-state index in [1.807, 2.05) is 13.8 Å². The molecular formula is C8H15O. The normalized spacial score (nSPS) is 25.3. The third-order valence-electron chi connectivity index (χ3n) is 2.50. The van der Waals surface area contributed by atoms with Crippen molar-refractivity contribution in [3.05, 3.63) is 0 Å². The Kier molecular flexibility index (Phi) is 1.80. The second-order valence-electron chi connectivity index (χ2n) is 3.43. The van der Waals surface area contributed by atoms with Gasteiger partial charge >= 0.3 is 0 Å². The second kappa shape index (κ2) is 2.30. The van der Waals surface area contributed by atoms with Gasteiger partial charge in [0, 0.05) is 0 Å². The van der Waals surface area contributed by atoms with Crippen LogP contribution in [0.1, 0.15) is 39.5 Å². The van der Waals surface area contributed by atoms with Gasteiger partial charge in [-0.3, -0.25) is 0 Å². The van der Waals surface area contributed by atoms with Gasteiger partial charge in [-0.1, -0.05) is 26.7 Å². The molecule has 53 valence electrons. The predicted octanol–water partition coefficient (Wildman–Crippen LogP) is 2.39. The first-order chi connectivity index (χ1) is 4.15. The molecule has 1 fully saturated rings. The van der Waals surface area contributed by atoms with Crippen molar-refractivity contribution in [2.75, 3.05) is 0 Å². The molecule has 1 nitrogen and oxygen atoms in total. The van der Waals surface area contributed by atoms with E-state index in [4.69, 9.17) is 0 Å². The van der Waals surface area contributed by atoms with Gasteiger partial charge in [0.2, 0.25) is 0 Å². The van der Waals surface area contributed by atoms with Crippen LogP contribution in [0.5, 0.6) is 0 Å². The molecule has 0 aliphatic heterocycles. The monoisotopic (exact) mass is 127 g/mol. The van der Waals surface area contributed by atoms with E-state index < -0.39 is 5.60 Å². The van der Waals surface area contributed by atoms with Crippen LogP contribution in [0, 0.1) is 5.92 Å². The average Bonchev–Trinajstić information content (AvgIpc) is 2.16. The van der Waals surface area contributed by atoms with E-state index in [1.165, 1.54) is 0 Å². The molecule has 9 heavy (non-hydrogen) atoms. The molecule has 1 heteroatoms. The zero-order valence-electron chi connectivity index (χ0n) is 6.31. The van der Waals surface area contributed by atoms with E-state index >= 15 is 0 Å². The number of hydrogen-bond acceptors (Lipinski definition) is 0. The fourth-order valence-electron chi connectivity index (χ4n) is 1.55. The highest BCUT2D eigenvalue weighted by Crippen LogP contribution is 2.35. The van der Waals surface area contributed by atoms with Crippen LogP contribution in [0.15, 0.2) is 0 Å².